The van der Waals surface area contributed by atoms with E-state index in [0.29, 0.717) is 74.4 Å². The van der Waals surface area contributed by atoms with Crippen molar-refractivity contribution in [3.8, 4) is 11.5 Å². The minimum atomic E-state index is -0.256. The van der Waals surface area contributed by atoms with Gasteiger partial charge in [0.1, 0.15) is 18.1 Å². The summed E-state index contributed by atoms with van der Waals surface area (Å²) < 4.78 is 25.1. The normalized spacial score (nSPS) is 24.3. The predicted octanol–water partition coefficient (Wildman–Crippen LogP) is 3.23. The molecule has 0 radical (unpaired) electrons. The van der Waals surface area contributed by atoms with Gasteiger partial charge in [0.25, 0.3) is 0 Å². The van der Waals surface area contributed by atoms with Gasteiger partial charge in [0.2, 0.25) is 11.9 Å². The Morgan fingerprint density at radius 1 is 1.04 bits per heavy atom. The SMILES string of the molecule is COc1cc2c(N[C@@H]3CCCNC3)nc(N3CCCC3)nc2cc1OCc1cn(CCOCCOCCNC(=O)CCCC[C@@H]2SC[C@]3(C)NC(=O)N[C@]23C)nn1. The number of piperidine rings is 1. The second-order valence-electron chi connectivity index (χ2n) is 15.8. The largest absolute Gasteiger partial charge is 0.493 e. The van der Waals surface area contributed by atoms with Gasteiger partial charge >= 0.3 is 6.03 Å². The number of benzene rings is 1. The van der Waals surface area contributed by atoms with Crippen LogP contribution in [0.2, 0.25) is 0 Å². The average molecular weight is 810 g/mol. The molecule has 3 amide bonds. The second kappa shape index (κ2) is 19.1. The van der Waals surface area contributed by atoms with E-state index in [1.807, 2.05) is 30.1 Å². The number of unbranched alkanes of at least 4 members (excludes halogenated alkanes) is 1. The summed E-state index contributed by atoms with van der Waals surface area (Å²) in [4.78, 5) is 36.4. The Hall–Kier alpha value is -4.13. The summed E-state index contributed by atoms with van der Waals surface area (Å²) in [6, 6.07) is 4.10. The number of urea groups is 1. The summed E-state index contributed by atoms with van der Waals surface area (Å²) in [5, 5.41) is 26.1. The lowest BCUT2D eigenvalue weighted by Gasteiger charge is -2.35. The van der Waals surface area contributed by atoms with Crippen LogP contribution in [0, 0.1) is 0 Å². The summed E-state index contributed by atoms with van der Waals surface area (Å²) >= 11 is 1.90. The first kappa shape index (κ1) is 41.0. The number of amides is 3. The third-order valence-corrected chi connectivity index (χ3v) is 13.5. The highest BCUT2D eigenvalue weighted by Crippen LogP contribution is 2.47. The number of hydrogen-bond donors (Lipinski definition) is 5. The van der Waals surface area contributed by atoms with E-state index < -0.39 is 0 Å². The molecule has 7 rings (SSSR count). The second-order valence-corrected chi connectivity index (χ2v) is 17.0. The van der Waals surface area contributed by atoms with Crippen LogP contribution in [0.4, 0.5) is 16.6 Å². The molecule has 4 aliphatic rings. The Morgan fingerprint density at radius 3 is 2.68 bits per heavy atom. The number of carbonyl (C=O) groups is 2. The molecule has 0 unspecified atom stereocenters. The summed E-state index contributed by atoms with van der Waals surface area (Å²) in [7, 11) is 1.64. The Balaban J connectivity index is 0.778. The van der Waals surface area contributed by atoms with E-state index in [1.165, 1.54) is 0 Å². The summed E-state index contributed by atoms with van der Waals surface area (Å²) in [5.41, 5.74) is 1.00. The first-order valence-electron chi connectivity index (χ1n) is 20.5. The predicted molar refractivity (Wildman–Crippen MR) is 219 cm³/mol. The van der Waals surface area contributed by atoms with Crippen LogP contribution in [0.5, 0.6) is 11.5 Å². The minimum Gasteiger partial charge on any atom is -0.493 e. The Morgan fingerprint density at radius 2 is 1.88 bits per heavy atom. The van der Waals surface area contributed by atoms with Crippen LogP contribution in [-0.2, 0) is 27.4 Å². The van der Waals surface area contributed by atoms with Crippen LogP contribution in [0.25, 0.3) is 10.9 Å². The fourth-order valence-corrected chi connectivity index (χ4v) is 9.95. The van der Waals surface area contributed by atoms with E-state index in [2.05, 4.69) is 55.6 Å². The maximum atomic E-state index is 12.3. The van der Waals surface area contributed by atoms with Gasteiger partial charge in [-0.3, -0.25) is 4.79 Å². The van der Waals surface area contributed by atoms with Gasteiger partial charge in [0.05, 0.1) is 62.9 Å². The topological polar surface area (TPSA) is 191 Å². The molecule has 4 fully saturated rings. The number of anilines is 2. The Bertz CT molecular complexity index is 1820. The van der Waals surface area contributed by atoms with Crippen molar-refractivity contribution in [2.24, 2.45) is 0 Å². The van der Waals surface area contributed by atoms with Crippen LogP contribution in [0.1, 0.15) is 70.9 Å². The zero-order chi connectivity index (χ0) is 39.7. The van der Waals surface area contributed by atoms with E-state index in [1.54, 1.807) is 11.8 Å². The molecule has 0 aliphatic carbocycles. The zero-order valence-corrected chi connectivity index (χ0v) is 34.4. The number of nitrogens with one attached hydrogen (secondary N) is 5. The van der Waals surface area contributed by atoms with E-state index in [4.69, 9.17) is 28.9 Å². The molecule has 3 aromatic rings. The Labute approximate surface area is 338 Å². The number of aromatic nitrogens is 5. The lowest BCUT2D eigenvalue weighted by molar-refractivity contribution is -0.121. The number of fused-ring (bicyclic) bond motifs is 2. The molecule has 4 saturated heterocycles. The van der Waals surface area contributed by atoms with Crippen molar-refractivity contribution in [1.29, 1.82) is 0 Å². The molecule has 4 aliphatic heterocycles. The van der Waals surface area contributed by atoms with E-state index in [-0.39, 0.29) is 29.6 Å². The van der Waals surface area contributed by atoms with Gasteiger partial charge in [0, 0.05) is 61.1 Å². The number of rotatable bonds is 21. The number of ether oxygens (including phenoxy) is 4. The number of carbonyl (C=O) groups excluding carboxylic acids is 2. The Kier molecular flexibility index (Phi) is 13.7. The van der Waals surface area contributed by atoms with E-state index in [0.717, 1.165) is 99.5 Å². The highest BCUT2D eigenvalue weighted by molar-refractivity contribution is 8.00. The molecule has 6 heterocycles. The van der Waals surface area contributed by atoms with Crippen LogP contribution in [0.3, 0.4) is 0 Å². The molecule has 312 valence electrons. The highest BCUT2D eigenvalue weighted by Gasteiger charge is 2.60. The van der Waals surface area contributed by atoms with Crippen LogP contribution in [0.15, 0.2) is 18.3 Å². The minimum absolute atomic E-state index is 0.0326. The molecule has 4 atom stereocenters. The van der Waals surface area contributed by atoms with Crippen molar-refractivity contribution in [3.05, 3.63) is 24.0 Å². The first-order chi connectivity index (χ1) is 27.7. The number of methoxy groups -OCH3 is 1. The molecular weight excluding hydrogens is 751 g/mol. The summed E-state index contributed by atoms with van der Waals surface area (Å²) in [6.45, 7) is 11.1. The average Bonchev–Trinajstić information content (AvgIpc) is 3.99. The molecular formula is C39H59N11O6S. The van der Waals surface area contributed by atoms with Gasteiger partial charge < -0.3 is 50.4 Å². The third kappa shape index (κ3) is 10.1. The van der Waals surface area contributed by atoms with Gasteiger partial charge in [-0.15, -0.1) is 5.10 Å². The monoisotopic (exact) mass is 809 g/mol. The maximum absolute atomic E-state index is 12.3. The quantitative estimate of drug-likeness (QED) is 0.0779. The molecule has 5 N–H and O–H groups in total. The fourth-order valence-electron chi connectivity index (χ4n) is 8.06. The zero-order valence-electron chi connectivity index (χ0n) is 33.6. The van der Waals surface area contributed by atoms with Crippen molar-refractivity contribution < 1.29 is 28.5 Å². The van der Waals surface area contributed by atoms with E-state index in [9.17, 15) is 9.59 Å². The third-order valence-electron chi connectivity index (χ3n) is 11.6. The summed E-state index contributed by atoms with van der Waals surface area (Å²) in [5.74, 6) is 3.67. The molecule has 17 nitrogen and oxygen atoms in total. The van der Waals surface area contributed by atoms with Crippen LogP contribution >= 0.6 is 11.8 Å². The van der Waals surface area contributed by atoms with Crippen molar-refractivity contribution in [1.82, 2.24) is 46.2 Å². The molecule has 2 aromatic heterocycles. The van der Waals surface area contributed by atoms with Gasteiger partial charge in [0.15, 0.2) is 11.5 Å². The van der Waals surface area contributed by atoms with Gasteiger partial charge in [-0.05, 0) is 65.0 Å². The van der Waals surface area contributed by atoms with Crippen molar-refractivity contribution in [2.45, 2.75) is 101 Å². The highest BCUT2D eigenvalue weighted by atomic mass is 32.2. The molecule has 1 aromatic carbocycles. The number of thioether (sulfide) groups is 1. The lowest BCUT2D eigenvalue weighted by atomic mass is 9.79. The fraction of sp³-hybridized carbons (Fsp3) is 0.692. The maximum Gasteiger partial charge on any atom is 0.315 e. The molecule has 0 saturated carbocycles. The van der Waals surface area contributed by atoms with E-state index >= 15 is 0 Å². The van der Waals surface area contributed by atoms with Crippen LogP contribution in [-0.4, -0.2) is 131 Å². The first-order valence-corrected chi connectivity index (χ1v) is 21.6. The summed E-state index contributed by atoms with van der Waals surface area (Å²) in [6.07, 6.45) is 9.56. The molecule has 0 bridgehead atoms. The van der Waals surface area contributed by atoms with Crippen molar-refractivity contribution in [3.63, 3.8) is 0 Å². The molecule has 0 spiro atoms. The number of nitrogens with zero attached hydrogens (tertiary/aromatic N) is 6. The number of hydrogen-bond acceptors (Lipinski definition) is 14. The standard InChI is InChI=1S/C39H59N11O6S/c1-38-26-57-33(39(38,2)46-37(52)45-38)10-4-5-11-34(51)41-13-17-54-19-20-55-18-16-50-24-28(47-48-50)25-56-32-22-30-29(21-31(32)53-3)35(42-27-9-8-12-40-23-27)44-36(43-30)49-14-6-7-15-49/h21-22,24,27,33,40H,4-20,23,25-26H2,1-3H3,(H,41,51)(H,42,43,44)(H2,45,46,52)/t27-,33+,38+,39-/m1/s1. The molecule has 57 heavy (non-hydrogen) atoms. The molecule has 18 heteroatoms. The lowest BCUT2D eigenvalue weighted by Crippen LogP contribution is -2.58. The van der Waals surface area contributed by atoms with Gasteiger partial charge in [-0.2, -0.15) is 16.7 Å². The smallest absolute Gasteiger partial charge is 0.315 e. The van der Waals surface area contributed by atoms with Crippen molar-refractivity contribution in [2.75, 3.05) is 82.2 Å². The van der Waals surface area contributed by atoms with Gasteiger partial charge in [-0.1, -0.05) is 11.6 Å². The van der Waals surface area contributed by atoms with Crippen molar-refractivity contribution >= 4 is 46.4 Å². The van der Waals surface area contributed by atoms with Crippen LogP contribution < -0.4 is 41.0 Å². The van der Waals surface area contributed by atoms with Gasteiger partial charge in [-0.25, -0.2) is 14.5 Å².